The van der Waals surface area contributed by atoms with Crippen LogP contribution < -0.4 is 15.4 Å². The molecule has 0 aliphatic rings. The lowest BCUT2D eigenvalue weighted by Gasteiger charge is -2.18. The lowest BCUT2D eigenvalue weighted by molar-refractivity contribution is -0.116. The molecule has 0 radical (unpaired) electrons. The molecule has 0 fully saturated rings. The van der Waals surface area contributed by atoms with Crippen LogP contribution in [0.5, 0.6) is 5.75 Å². The third kappa shape index (κ3) is 9.02. The second-order valence-corrected chi connectivity index (χ2v) is 7.35. The molecule has 0 spiro atoms. The van der Waals surface area contributed by atoms with Crippen molar-refractivity contribution < 1.29 is 14.6 Å². The van der Waals surface area contributed by atoms with E-state index in [1.165, 1.54) is 0 Å². The molecule has 0 aliphatic carbocycles. The number of carbonyl (C=O) groups is 1. The summed E-state index contributed by atoms with van der Waals surface area (Å²) in [4.78, 5) is 16.5. The first-order valence-electron chi connectivity index (χ1n) is 9.75. The van der Waals surface area contributed by atoms with Gasteiger partial charge >= 0.3 is 0 Å². The van der Waals surface area contributed by atoms with E-state index in [1.807, 2.05) is 59.7 Å². The van der Waals surface area contributed by atoms with Crippen molar-refractivity contribution >= 4 is 17.3 Å². The van der Waals surface area contributed by atoms with Gasteiger partial charge in [-0.3, -0.25) is 9.79 Å². The van der Waals surface area contributed by atoms with Gasteiger partial charge < -0.3 is 20.5 Å². The Morgan fingerprint density at radius 2 is 1.96 bits per heavy atom. The lowest BCUT2D eigenvalue weighted by atomic mass is 10.1. The smallest absolute Gasteiger partial charge is 0.224 e. The molecule has 3 N–H and O–H groups in total. The van der Waals surface area contributed by atoms with Crippen molar-refractivity contribution in [3.8, 4) is 5.75 Å². The van der Waals surface area contributed by atoms with Crippen molar-refractivity contribution in [1.82, 2.24) is 5.32 Å². The average Bonchev–Trinajstić information content (AvgIpc) is 2.58. The molecule has 1 aromatic carbocycles. The number of aliphatic imine (C=N–C) groups is 1. The highest BCUT2D eigenvalue weighted by molar-refractivity contribution is 6.03. The van der Waals surface area contributed by atoms with Crippen molar-refractivity contribution in [2.24, 2.45) is 4.99 Å². The van der Waals surface area contributed by atoms with Gasteiger partial charge in [0.25, 0.3) is 0 Å². The number of nitrogens with one attached hydrogen (secondary N) is 2. The first-order valence-corrected chi connectivity index (χ1v) is 9.75. The van der Waals surface area contributed by atoms with Crippen LogP contribution in [0.15, 0.2) is 23.2 Å². The summed E-state index contributed by atoms with van der Waals surface area (Å²) in [5.74, 6) is 0.639. The van der Waals surface area contributed by atoms with Gasteiger partial charge in [0.1, 0.15) is 18.5 Å². The third-order valence-electron chi connectivity index (χ3n) is 3.77. The minimum absolute atomic E-state index is 0.00856. The number of rotatable bonds is 11. The number of anilines is 1. The molecule has 0 bridgehead atoms. The standard InChI is InChI=1S/C21H35N3O3/c1-7-8-21(26)24-17-9-10-20(19(11-17)16(6)23-15(4)5)27-13-18(25)12-22-14(2)3/h9-11,14-15,18,22,25H,7-8,12-13H2,1-6H3,(H,24,26)/t18-/m0/s1. The predicted octanol–water partition coefficient (Wildman–Crippen LogP) is 3.38. The first-order chi connectivity index (χ1) is 12.7. The normalized spacial score (nSPS) is 13.1. The number of carbonyl (C=O) groups excluding carboxylic acids is 1. The fourth-order valence-electron chi connectivity index (χ4n) is 2.54. The van der Waals surface area contributed by atoms with E-state index in [2.05, 4.69) is 15.6 Å². The molecule has 1 atom stereocenters. The Morgan fingerprint density at radius 3 is 2.56 bits per heavy atom. The molecule has 0 saturated heterocycles. The van der Waals surface area contributed by atoms with E-state index in [-0.39, 0.29) is 18.6 Å². The molecule has 0 aromatic heterocycles. The van der Waals surface area contributed by atoms with Crippen LogP contribution in [-0.4, -0.2) is 48.1 Å². The van der Waals surface area contributed by atoms with E-state index < -0.39 is 6.10 Å². The van der Waals surface area contributed by atoms with Crippen LogP contribution in [-0.2, 0) is 4.79 Å². The molecule has 27 heavy (non-hydrogen) atoms. The van der Waals surface area contributed by atoms with Gasteiger partial charge in [-0.15, -0.1) is 0 Å². The Kier molecular flexibility index (Phi) is 10.0. The summed E-state index contributed by atoms with van der Waals surface area (Å²) in [5.41, 5.74) is 2.37. The second kappa shape index (κ2) is 11.7. The predicted molar refractivity (Wildman–Crippen MR) is 112 cm³/mol. The van der Waals surface area contributed by atoms with Crippen LogP contribution >= 0.6 is 0 Å². The summed E-state index contributed by atoms with van der Waals surface area (Å²) < 4.78 is 5.86. The van der Waals surface area contributed by atoms with Crippen LogP contribution in [0, 0.1) is 0 Å². The molecule has 0 heterocycles. The van der Waals surface area contributed by atoms with Crippen LogP contribution in [0.1, 0.15) is 59.9 Å². The van der Waals surface area contributed by atoms with Crippen molar-refractivity contribution in [2.75, 3.05) is 18.5 Å². The average molecular weight is 378 g/mol. The summed E-state index contributed by atoms with van der Waals surface area (Å²) in [6.07, 6.45) is 0.684. The fraction of sp³-hybridized carbons (Fsp3) is 0.619. The highest BCUT2D eigenvalue weighted by Crippen LogP contribution is 2.25. The Hall–Kier alpha value is -1.92. The van der Waals surface area contributed by atoms with Gasteiger partial charge in [-0.25, -0.2) is 0 Å². The molecule has 0 aliphatic heterocycles. The number of ether oxygens (including phenoxy) is 1. The van der Waals surface area contributed by atoms with Crippen LogP contribution in [0.2, 0.25) is 0 Å². The first kappa shape index (κ1) is 23.1. The van der Waals surface area contributed by atoms with E-state index in [0.29, 0.717) is 24.8 Å². The van der Waals surface area contributed by atoms with Crippen LogP contribution in [0.25, 0.3) is 0 Å². The number of hydrogen-bond acceptors (Lipinski definition) is 5. The lowest BCUT2D eigenvalue weighted by Crippen LogP contribution is -2.35. The van der Waals surface area contributed by atoms with Gasteiger partial charge in [0.2, 0.25) is 5.91 Å². The maximum atomic E-state index is 11.9. The van der Waals surface area contributed by atoms with Crippen molar-refractivity contribution in [3.05, 3.63) is 23.8 Å². The minimum Gasteiger partial charge on any atom is -0.490 e. The van der Waals surface area contributed by atoms with Crippen molar-refractivity contribution in [2.45, 2.75) is 72.6 Å². The van der Waals surface area contributed by atoms with Crippen LogP contribution in [0.3, 0.4) is 0 Å². The summed E-state index contributed by atoms with van der Waals surface area (Å²) in [7, 11) is 0. The van der Waals surface area contributed by atoms with Gasteiger partial charge in [0, 0.05) is 42.0 Å². The maximum absolute atomic E-state index is 11.9. The van der Waals surface area contributed by atoms with Crippen molar-refractivity contribution in [3.63, 3.8) is 0 Å². The Morgan fingerprint density at radius 1 is 1.26 bits per heavy atom. The maximum Gasteiger partial charge on any atom is 0.224 e. The number of aliphatic hydroxyl groups excluding tert-OH is 1. The molecule has 6 heteroatoms. The quantitative estimate of drug-likeness (QED) is 0.516. The SMILES string of the molecule is CCCC(=O)Nc1ccc(OC[C@@H](O)CNC(C)C)c(C(C)=NC(C)C)c1. The summed E-state index contributed by atoms with van der Waals surface area (Å²) in [6.45, 7) is 12.6. The number of nitrogens with zero attached hydrogens (tertiary/aromatic N) is 1. The summed E-state index contributed by atoms with van der Waals surface area (Å²) in [5, 5.41) is 16.2. The van der Waals surface area contributed by atoms with E-state index in [0.717, 1.165) is 23.4 Å². The fourth-order valence-corrected chi connectivity index (χ4v) is 2.54. The molecule has 0 unspecified atom stereocenters. The molecular formula is C21H35N3O3. The van der Waals surface area contributed by atoms with Gasteiger partial charge in [0.15, 0.2) is 0 Å². The largest absolute Gasteiger partial charge is 0.490 e. The van der Waals surface area contributed by atoms with Crippen molar-refractivity contribution in [1.29, 1.82) is 0 Å². The molecule has 1 aromatic rings. The zero-order valence-corrected chi connectivity index (χ0v) is 17.5. The number of amides is 1. The Balaban J connectivity index is 2.96. The van der Waals surface area contributed by atoms with Gasteiger partial charge in [-0.05, 0) is 45.4 Å². The monoisotopic (exact) mass is 377 g/mol. The summed E-state index contributed by atoms with van der Waals surface area (Å²) in [6, 6.07) is 5.97. The summed E-state index contributed by atoms with van der Waals surface area (Å²) >= 11 is 0. The number of aliphatic hydroxyl groups is 1. The van der Waals surface area contributed by atoms with Gasteiger partial charge in [-0.2, -0.15) is 0 Å². The zero-order chi connectivity index (χ0) is 20.4. The molecule has 1 amide bonds. The zero-order valence-electron chi connectivity index (χ0n) is 17.5. The van der Waals surface area contributed by atoms with E-state index in [4.69, 9.17) is 4.74 Å². The Bertz CT molecular complexity index is 627. The topological polar surface area (TPSA) is 83.0 Å². The molecule has 0 saturated carbocycles. The van der Waals surface area contributed by atoms with Gasteiger partial charge in [0.05, 0.1) is 0 Å². The van der Waals surface area contributed by atoms with Crippen LogP contribution in [0.4, 0.5) is 5.69 Å². The van der Waals surface area contributed by atoms with E-state index in [1.54, 1.807) is 0 Å². The third-order valence-corrected chi connectivity index (χ3v) is 3.77. The minimum atomic E-state index is -0.605. The van der Waals surface area contributed by atoms with Gasteiger partial charge in [-0.1, -0.05) is 20.8 Å². The molecule has 1 rings (SSSR count). The highest BCUT2D eigenvalue weighted by Gasteiger charge is 2.13. The highest BCUT2D eigenvalue weighted by atomic mass is 16.5. The number of benzene rings is 1. The molecule has 152 valence electrons. The Labute approximate surface area is 163 Å². The number of hydrogen-bond donors (Lipinski definition) is 3. The molecular weight excluding hydrogens is 342 g/mol. The second-order valence-electron chi connectivity index (χ2n) is 7.35. The van der Waals surface area contributed by atoms with E-state index >= 15 is 0 Å². The molecule has 6 nitrogen and oxygen atoms in total. The van der Waals surface area contributed by atoms with E-state index in [9.17, 15) is 9.90 Å².